The van der Waals surface area contributed by atoms with Gasteiger partial charge in [-0.25, -0.2) is 0 Å². The molecule has 0 aromatic heterocycles. The van der Waals surface area contributed by atoms with Crippen molar-refractivity contribution in [3.8, 4) is 5.75 Å². The largest absolute Gasteiger partial charge is 0.490 e. The molecule has 0 aliphatic heterocycles. The molecule has 2 aromatic rings. The maximum Gasteiger partial charge on any atom is 0.234 e. The standard InChI is InChI=1S/C22H28N2O2/c1-4-15-26-21-11-9-19(10-12-21)16-24(3)17-22(25)23-14-13-20-8-6-5-7-18(20)2/h4-12H,1,13-17H2,2-3H3,(H,23,25). The average Bonchev–Trinajstić information content (AvgIpc) is 2.62. The van der Waals surface area contributed by atoms with Crippen LogP contribution in [0.4, 0.5) is 0 Å². The third kappa shape index (κ3) is 6.73. The summed E-state index contributed by atoms with van der Waals surface area (Å²) >= 11 is 0. The van der Waals surface area contributed by atoms with Crippen molar-refractivity contribution in [3.05, 3.63) is 77.9 Å². The van der Waals surface area contributed by atoms with Crippen LogP contribution < -0.4 is 10.1 Å². The molecule has 4 nitrogen and oxygen atoms in total. The fourth-order valence-electron chi connectivity index (χ4n) is 2.74. The SMILES string of the molecule is C=CCOc1ccc(CN(C)CC(=O)NCCc2ccccc2C)cc1. The number of hydrogen-bond donors (Lipinski definition) is 1. The minimum Gasteiger partial charge on any atom is -0.490 e. The van der Waals surface area contributed by atoms with E-state index in [0.29, 0.717) is 26.2 Å². The van der Waals surface area contributed by atoms with Crippen molar-refractivity contribution in [1.82, 2.24) is 10.2 Å². The number of carbonyl (C=O) groups is 1. The molecule has 0 aliphatic carbocycles. The molecule has 2 rings (SSSR count). The Balaban J connectivity index is 1.71. The molecule has 0 radical (unpaired) electrons. The molecule has 0 unspecified atom stereocenters. The third-order valence-corrected chi connectivity index (χ3v) is 4.13. The first-order valence-electron chi connectivity index (χ1n) is 8.91. The van der Waals surface area contributed by atoms with Crippen LogP contribution >= 0.6 is 0 Å². The number of likely N-dealkylation sites (N-methyl/N-ethyl adjacent to an activating group) is 1. The van der Waals surface area contributed by atoms with E-state index in [-0.39, 0.29) is 5.91 Å². The Bertz CT molecular complexity index is 710. The molecule has 0 heterocycles. The molecular weight excluding hydrogens is 324 g/mol. The summed E-state index contributed by atoms with van der Waals surface area (Å²) in [5, 5.41) is 3.00. The van der Waals surface area contributed by atoms with E-state index in [9.17, 15) is 4.79 Å². The van der Waals surface area contributed by atoms with Crippen LogP contribution in [0.5, 0.6) is 5.75 Å². The van der Waals surface area contributed by atoms with E-state index in [2.05, 4.69) is 31.0 Å². The van der Waals surface area contributed by atoms with Gasteiger partial charge in [0.05, 0.1) is 6.54 Å². The van der Waals surface area contributed by atoms with Gasteiger partial charge in [0.15, 0.2) is 0 Å². The highest BCUT2D eigenvalue weighted by Crippen LogP contribution is 2.13. The summed E-state index contributed by atoms with van der Waals surface area (Å²) in [6.45, 7) is 7.98. The normalized spacial score (nSPS) is 10.6. The monoisotopic (exact) mass is 352 g/mol. The number of nitrogens with one attached hydrogen (secondary N) is 1. The van der Waals surface area contributed by atoms with E-state index in [0.717, 1.165) is 17.7 Å². The quantitative estimate of drug-likeness (QED) is 0.667. The number of hydrogen-bond acceptors (Lipinski definition) is 3. The Morgan fingerprint density at radius 1 is 1.19 bits per heavy atom. The van der Waals surface area contributed by atoms with Gasteiger partial charge in [0, 0.05) is 13.1 Å². The van der Waals surface area contributed by atoms with E-state index in [4.69, 9.17) is 4.74 Å². The summed E-state index contributed by atoms with van der Waals surface area (Å²) in [5.41, 5.74) is 3.69. The van der Waals surface area contributed by atoms with Crippen LogP contribution in [-0.2, 0) is 17.8 Å². The summed E-state index contributed by atoms with van der Waals surface area (Å²) in [6, 6.07) is 16.2. The topological polar surface area (TPSA) is 41.6 Å². The van der Waals surface area contributed by atoms with E-state index < -0.39 is 0 Å². The molecular formula is C22H28N2O2. The third-order valence-electron chi connectivity index (χ3n) is 4.13. The van der Waals surface area contributed by atoms with Crippen LogP contribution in [0, 0.1) is 6.92 Å². The summed E-state index contributed by atoms with van der Waals surface area (Å²) in [4.78, 5) is 14.1. The zero-order valence-electron chi connectivity index (χ0n) is 15.7. The van der Waals surface area contributed by atoms with Crippen molar-refractivity contribution in [2.75, 3.05) is 26.7 Å². The lowest BCUT2D eigenvalue weighted by molar-refractivity contribution is -0.122. The first-order chi connectivity index (χ1) is 12.6. The molecule has 0 atom stereocenters. The van der Waals surface area contributed by atoms with Gasteiger partial charge in [-0.1, -0.05) is 49.1 Å². The van der Waals surface area contributed by atoms with Gasteiger partial charge < -0.3 is 10.1 Å². The number of ether oxygens (including phenoxy) is 1. The summed E-state index contributed by atoms with van der Waals surface area (Å²) < 4.78 is 5.47. The lowest BCUT2D eigenvalue weighted by Crippen LogP contribution is -2.35. The summed E-state index contributed by atoms with van der Waals surface area (Å²) in [7, 11) is 1.95. The Morgan fingerprint density at radius 2 is 1.92 bits per heavy atom. The molecule has 1 amide bonds. The van der Waals surface area contributed by atoms with Crippen molar-refractivity contribution in [3.63, 3.8) is 0 Å². The first kappa shape index (κ1) is 19.7. The number of benzene rings is 2. The molecule has 4 heteroatoms. The maximum absolute atomic E-state index is 12.1. The van der Waals surface area contributed by atoms with Gasteiger partial charge in [-0.15, -0.1) is 0 Å². The fraction of sp³-hybridized carbons (Fsp3) is 0.318. The predicted molar refractivity (Wildman–Crippen MR) is 106 cm³/mol. The molecule has 1 N–H and O–H groups in total. The lowest BCUT2D eigenvalue weighted by atomic mass is 10.1. The molecule has 0 saturated carbocycles. The maximum atomic E-state index is 12.1. The minimum atomic E-state index is 0.0482. The average molecular weight is 352 g/mol. The van der Waals surface area contributed by atoms with Gasteiger partial charge in [-0.3, -0.25) is 9.69 Å². The van der Waals surface area contributed by atoms with Crippen LogP contribution in [0.2, 0.25) is 0 Å². The van der Waals surface area contributed by atoms with Gasteiger partial charge >= 0.3 is 0 Å². The van der Waals surface area contributed by atoms with Gasteiger partial charge in [0.2, 0.25) is 5.91 Å². The van der Waals surface area contributed by atoms with Crippen LogP contribution in [-0.4, -0.2) is 37.6 Å². The van der Waals surface area contributed by atoms with Gasteiger partial charge in [0.1, 0.15) is 12.4 Å². The second-order valence-corrected chi connectivity index (χ2v) is 6.44. The fourth-order valence-corrected chi connectivity index (χ4v) is 2.74. The molecule has 0 saturated heterocycles. The number of aryl methyl sites for hydroxylation is 1. The van der Waals surface area contributed by atoms with Crippen LogP contribution in [0.1, 0.15) is 16.7 Å². The van der Waals surface area contributed by atoms with E-state index in [1.165, 1.54) is 11.1 Å². The van der Waals surface area contributed by atoms with Crippen molar-refractivity contribution >= 4 is 5.91 Å². The molecule has 0 aliphatic rings. The van der Waals surface area contributed by atoms with Gasteiger partial charge in [-0.2, -0.15) is 0 Å². The predicted octanol–water partition coefficient (Wildman–Crippen LogP) is 3.35. The minimum absolute atomic E-state index is 0.0482. The zero-order chi connectivity index (χ0) is 18.8. The molecule has 0 fully saturated rings. The lowest BCUT2D eigenvalue weighted by Gasteiger charge is -2.17. The van der Waals surface area contributed by atoms with Crippen molar-refractivity contribution < 1.29 is 9.53 Å². The van der Waals surface area contributed by atoms with E-state index >= 15 is 0 Å². The van der Waals surface area contributed by atoms with Crippen LogP contribution in [0.25, 0.3) is 0 Å². The number of rotatable bonds is 10. The first-order valence-corrected chi connectivity index (χ1v) is 8.91. The molecule has 2 aromatic carbocycles. The molecule has 26 heavy (non-hydrogen) atoms. The van der Waals surface area contributed by atoms with Gasteiger partial charge in [0.25, 0.3) is 0 Å². The zero-order valence-corrected chi connectivity index (χ0v) is 15.7. The highest BCUT2D eigenvalue weighted by molar-refractivity contribution is 5.77. The molecule has 138 valence electrons. The van der Waals surface area contributed by atoms with Crippen molar-refractivity contribution in [2.45, 2.75) is 19.9 Å². The molecule has 0 bridgehead atoms. The second-order valence-electron chi connectivity index (χ2n) is 6.44. The highest BCUT2D eigenvalue weighted by Gasteiger charge is 2.07. The number of amides is 1. The number of nitrogens with zero attached hydrogens (tertiary/aromatic N) is 1. The molecule has 0 spiro atoms. The van der Waals surface area contributed by atoms with Crippen LogP contribution in [0.15, 0.2) is 61.2 Å². The van der Waals surface area contributed by atoms with E-state index in [1.807, 2.05) is 48.3 Å². The highest BCUT2D eigenvalue weighted by atomic mass is 16.5. The van der Waals surface area contributed by atoms with Crippen molar-refractivity contribution in [2.24, 2.45) is 0 Å². The van der Waals surface area contributed by atoms with Crippen LogP contribution in [0.3, 0.4) is 0 Å². The van der Waals surface area contributed by atoms with Gasteiger partial charge in [-0.05, 0) is 49.2 Å². The Morgan fingerprint density at radius 3 is 2.62 bits per heavy atom. The van der Waals surface area contributed by atoms with E-state index in [1.54, 1.807) is 6.08 Å². The van der Waals surface area contributed by atoms with Crippen molar-refractivity contribution in [1.29, 1.82) is 0 Å². The second kappa shape index (κ2) is 10.4. The summed E-state index contributed by atoms with van der Waals surface area (Å²) in [5.74, 6) is 0.872. The smallest absolute Gasteiger partial charge is 0.234 e. The number of carbonyl (C=O) groups excluding carboxylic acids is 1. The summed E-state index contributed by atoms with van der Waals surface area (Å²) in [6.07, 6.45) is 2.58. The Hall–Kier alpha value is -2.59. The Kier molecular flexibility index (Phi) is 7.90. The Labute approximate surface area is 156 Å².